The summed E-state index contributed by atoms with van der Waals surface area (Å²) in [7, 11) is 1.98. The van der Waals surface area contributed by atoms with Gasteiger partial charge in [-0.3, -0.25) is 0 Å². The first-order valence-electron chi connectivity index (χ1n) is 7.32. The van der Waals surface area contributed by atoms with Crippen LogP contribution < -0.4 is 4.90 Å². The van der Waals surface area contributed by atoms with Gasteiger partial charge >= 0.3 is 5.97 Å². The van der Waals surface area contributed by atoms with Crippen molar-refractivity contribution in [3.63, 3.8) is 0 Å². The number of pyridine rings is 1. The minimum absolute atomic E-state index is 0.321. The van der Waals surface area contributed by atoms with Crippen molar-refractivity contribution in [2.24, 2.45) is 5.92 Å². The molecule has 4 heteroatoms. The first-order valence-corrected chi connectivity index (χ1v) is 7.32. The summed E-state index contributed by atoms with van der Waals surface area (Å²) in [5, 5.41) is 9.22. The van der Waals surface area contributed by atoms with Crippen LogP contribution in [0.3, 0.4) is 0 Å². The van der Waals surface area contributed by atoms with Gasteiger partial charge in [0.1, 0.15) is 5.82 Å². The van der Waals surface area contributed by atoms with Crippen molar-refractivity contribution in [1.82, 2.24) is 4.98 Å². The van der Waals surface area contributed by atoms with E-state index in [1.807, 2.05) is 7.05 Å². The van der Waals surface area contributed by atoms with Gasteiger partial charge in [0.05, 0.1) is 5.56 Å². The van der Waals surface area contributed by atoms with E-state index in [2.05, 4.69) is 37.6 Å². The summed E-state index contributed by atoms with van der Waals surface area (Å²) in [5.41, 5.74) is 1.17. The Bertz CT molecular complexity index is 458. The van der Waals surface area contributed by atoms with E-state index < -0.39 is 5.97 Å². The van der Waals surface area contributed by atoms with Crippen LogP contribution in [-0.2, 0) is 6.42 Å². The van der Waals surface area contributed by atoms with Gasteiger partial charge in [0, 0.05) is 18.8 Å². The van der Waals surface area contributed by atoms with Crippen LogP contribution in [0.5, 0.6) is 0 Å². The first kappa shape index (κ1) is 16.5. The lowest BCUT2D eigenvalue weighted by molar-refractivity contribution is 0.0696. The van der Waals surface area contributed by atoms with Crippen LogP contribution in [0, 0.1) is 5.92 Å². The van der Waals surface area contributed by atoms with E-state index in [1.54, 1.807) is 12.1 Å². The highest BCUT2D eigenvalue weighted by Crippen LogP contribution is 2.20. The van der Waals surface area contributed by atoms with Crippen molar-refractivity contribution < 1.29 is 9.90 Å². The Labute approximate surface area is 121 Å². The third kappa shape index (κ3) is 4.51. The fraction of sp³-hybridized carbons (Fsp3) is 0.625. The van der Waals surface area contributed by atoms with Crippen LogP contribution in [0.4, 0.5) is 5.82 Å². The summed E-state index contributed by atoms with van der Waals surface area (Å²) >= 11 is 0. The maximum Gasteiger partial charge on any atom is 0.335 e. The van der Waals surface area contributed by atoms with Crippen LogP contribution in [0.2, 0.25) is 0 Å². The second-order valence-corrected chi connectivity index (χ2v) is 5.85. The van der Waals surface area contributed by atoms with Gasteiger partial charge in [0.25, 0.3) is 0 Å². The molecule has 0 aliphatic carbocycles. The normalized spacial score (nSPS) is 12.5. The molecule has 4 nitrogen and oxygen atoms in total. The summed E-state index contributed by atoms with van der Waals surface area (Å²) in [4.78, 5) is 17.9. The highest BCUT2D eigenvalue weighted by molar-refractivity contribution is 5.88. The smallest absolute Gasteiger partial charge is 0.335 e. The van der Waals surface area contributed by atoms with Gasteiger partial charge in [-0.1, -0.05) is 27.2 Å². The molecule has 20 heavy (non-hydrogen) atoms. The third-order valence-corrected chi connectivity index (χ3v) is 3.45. The van der Waals surface area contributed by atoms with E-state index in [1.165, 1.54) is 0 Å². The Balaban J connectivity index is 3.05. The number of carboxylic acids is 1. The van der Waals surface area contributed by atoms with Crippen LogP contribution in [-0.4, -0.2) is 29.1 Å². The van der Waals surface area contributed by atoms with Crippen molar-refractivity contribution in [2.45, 2.75) is 53.0 Å². The van der Waals surface area contributed by atoms with E-state index in [-0.39, 0.29) is 0 Å². The lowest BCUT2D eigenvalue weighted by Crippen LogP contribution is -2.31. The molecule has 0 amide bonds. The minimum atomic E-state index is -0.893. The zero-order valence-corrected chi connectivity index (χ0v) is 13.2. The number of hydrogen-bond donors (Lipinski definition) is 1. The molecule has 1 unspecified atom stereocenters. The van der Waals surface area contributed by atoms with E-state index in [0.717, 1.165) is 30.8 Å². The maximum absolute atomic E-state index is 11.2. The highest BCUT2D eigenvalue weighted by Gasteiger charge is 2.16. The molecule has 0 aliphatic rings. The van der Waals surface area contributed by atoms with Gasteiger partial charge in [0.2, 0.25) is 0 Å². The van der Waals surface area contributed by atoms with Crippen molar-refractivity contribution >= 4 is 11.8 Å². The number of anilines is 1. The number of carboxylic acid groups (broad SMARTS) is 1. The average Bonchev–Trinajstić information content (AvgIpc) is 2.37. The molecule has 0 aliphatic heterocycles. The fourth-order valence-corrected chi connectivity index (χ4v) is 2.33. The second kappa shape index (κ2) is 7.27. The van der Waals surface area contributed by atoms with Gasteiger partial charge in [-0.05, 0) is 37.8 Å². The van der Waals surface area contributed by atoms with Crippen molar-refractivity contribution in [3.05, 3.63) is 23.4 Å². The zero-order valence-electron chi connectivity index (χ0n) is 13.2. The van der Waals surface area contributed by atoms with E-state index in [4.69, 9.17) is 0 Å². The van der Waals surface area contributed by atoms with Crippen LogP contribution in [0.1, 0.15) is 56.6 Å². The molecule has 0 aromatic carbocycles. The van der Waals surface area contributed by atoms with Crippen molar-refractivity contribution in [2.75, 3.05) is 11.9 Å². The predicted molar refractivity (Wildman–Crippen MR) is 82.5 cm³/mol. The fourth-order valence-electron chi connectivity index (χ4n) is 2.33. The molecular weight excluding hydrogens is 252 g/mol. The third-order valence-electron chi connectivity index (χ3n) is 3.45. The molecule has 1 atom stereocenters. The number of hydrogen-bond acceptors (Lipinski definition) is 3. The van der Waals surface area contributed by atoms with Crippen LogP contribution in [0.15, 0.2) is 12.1 Å². The molecule has 0 saturated heterocycles. The molecule has 0 spiro atoms. The molecule has 1 aromatic rings. The van der Waals surface area contributed by atoms with E-state index >= 15 is 0 Å². The summed E-state index contributed by atoms with van der Waals surface area (Å²) < 4.78 is 0. The monoisotopic (exact) mass is 278 g/mol. The van der Waals surface area contributed by atoms with Crippen LogP contribution in [0.25, 0.3) is 0 Å². The summed E-state index contributed by atoms with van der Waals surface area (Å²) in [5.74, 6) is 0.461. The topological polar surface area (TPSA) is 53.4 Å². The Morgan fingerprint density at radius 3 is 2.50 bits per heavy atom. The Morgan fingerprint density at radius 1 is 1.35 bits per heavy atom. The lowest BCUT2D eigenvalue weighted by atomic mass is 10.0. The highest BCUT2D eigenvalue weighted by atomic mass is 16.4. The van der Waals surface area contributed by atoms with Crippen molar-refractivity contribution in [1.29, 1.82) is 0 Å². The number of aryl methyl sites for hydroxylation is 1. The van der Waals surface area contributed by atoms with Gasteiger partial charge in [-0.2, -0.15) is 0 Å². The molecule has 0 saturated carbocycles. The van der Waals surface area contributed by atoms with Crippen LogP contribution >= 0.6 is 0 Å². The summed E-state index contributed by atoms with van der Waals surface area (Å²) in [6, 6.07) is 3.68. The quantitative estimate of drug-likeness (QED) is 0.828. The SMILES string of the molecule is CCCc1cc(C(=O)O)cc(N(C)C(C)CC(C)C)n1. The molecule has 0 bridgehead atoms. The Morgan fingerprint density at radius 2 is 2.00 bits per heavy atom. The first-order chi connectivity index (χ1) is 9.35. The standard InChI is InChI=1S/C16H26N2O2/c1-6-7-14-9-13(16(19)20)10-15(17-14)18(5)12(4)8-11(2)3/h9-12H,6-8H2,1-5H3,(H,19,20). The average molecular weight is 278 g/mol. The van der Waals surface area contributed by atoms with E-state index in [0.29, 0.717) is 17.5 Å². The number of carbonyl (C=O) groups is 1. The lowest BCUT2D eigenvalue weighted by Gasteiger charge is -2.28. The van der Waals surface area contributed by atoms with Crippen molar-refractivity contribution in [3.8, 4) is 0 Å². The molecule has 1 rings (SSSR count). The molecular formula is C16H26N2O2. The zero-order chi connectivity index (χ0) is 15.3. The molecule has 0 radical (unpaired) electrons. The largest absolute Gasteiger partial charge is 0.478 e. The van der Waals surface area contributed by atoms with Gasteiger partial charge in [-0.25, -0.2) is 9.78 Å². The van der Waals surface area contributed by atoms with Gasteiger partial charge in [-0.15, -0.1) is 0 Å². The van der Waals surface area contributed by atoms with Gasteiger partial charge < -0.3 is 10.0 Å². The summed E-state index contributed by atoms with van der Waals surface area (Å²) in [6.07, 6.45) is 2.82. The molecule has 112 valence electrons. The number of aromatic carboxylic acids is 1. The molecule has 1 N–H and O–H groups in total. The maximum atomic E-state index is 11.2. The Hall–Kier alpha value is -1.58. The number of nitrogens with zero attached hydrogens (tertiary/aromatic N) is 2. The minimum Gasteiger partial charge on any atom is -0.478 e. The number of aromatic nitrogens is 1. The van der Waals surface area contributed by atoms with Gasteiger partial charge in [0.15, 0.2) is 0 Å². The molecule has 1 heterocycles. The summed E-state index contributed by atoms with van der Waals surface area (Å²) in [6.45, 7) is 8.59. The number of rotatable bonds is 7. The predicted octanol–water partition coefficient (Wildman–Crippen LogP) is 3.60. The molecule has 0 fully saturated rings. The second-order valence-electron chi connectivity index (χ2n) is 5.85. The Kier molecular flexibility index (Phi) is 5.99. The molecule has 1 aromatic heterocycles. The van der Waals surface area contributed by atoms with E-state index in [9.17, 15) is 9.90 Å².